The van der Waals surface area contributed by atoms with Crippen molar-refractivity contribution in [3.63, 3.8) is 0 Å². The molecule has 0 saturated heterocycles. The Morgan fingerprint density at radius 2 is 1.72 bits per heavy atom. The van der Waals surface area contributed by atoms with E-state index in [0.29, 0.717) is 0 Å². The molecule has 0 aromatic carbocycles. The molecule has 0 fully saturated rings. The lowest BCUT2D eigenvalue weighted by Gasteiger charge is -2.32. The van der Waals surface area contributed by atoms with Crippen LogP contribution in [-0.4, -0.2) is 29.1 Å². The van der Waals surface area contributed by atoms with Crippen molar-refractivity contribution in [2.24, 2.45) is 4.53 Å². The molecule has 0 aromatic rings. The van der Waals surface area contributed by atoms with Gasteiger partial charge in [0.05, 0.1) is 12.4 Å². The Morgan fingerprint density at radius 1 is 1.22 bits per heavy atom. The van der Waals surface area contributed by atoms with Gasteiger partial charge in [0.25, 0.3) is 0 Å². The molecule has 1 N–H and O–H groups in total. The average Bonchev–Trinajstić information content (AvgIpc) is 2.10. The molecule has 0 aliphatic rings. The van der Waals surface area contributed by atoms with E-state index in [-0.39, 0.29) is 5.91 Å². The fourth-order valence-corrected chi connectivity index (χ4v) is 1.42. The van der Waals surface area contributed by atoms with Gasteiger partial charge >= 0.3 is 5.97 Å². The molecule has 6 nitrogen and oxygen atoms in total. The number of rotatable bonds is 5. The van der Waals surface area contributed by atoms with Gasteiger partial charge in [0.1, 0.15) is 5.60 Å². The first-order valence-corrected chi connectivity index (χ1v) is 5.87. The van der Waals surface area contributed by atoms with Crippen LogP contribution < -0.4 is 5.32 Å². The minimum atomic E-state index is -1.09. The van der Waals surface area contributed by atoms with Crippen LogP contribution in [0, 0.1) is 0 Å². The van der Waals surface area contributed by atoms with Gasteiger partial charge in [-0.2, -0.15) is 0 Å². The SMILES string of the molecule is CC(=O)NC(C(=O)OC(C)(C)C)C(C)(C)ON=S. The van der Waals surface area contributed by atoms with Gasteiger partial charge in [0.15, 0.2) is 11.6 Å². The van der Waals surface area contributed by atoms with Gasteiger partial charge in [0.2, 0.25) is 5.91 Å². The molecule has 104 valence electrons. The summed E-state index contributed by atoms with van der Waals surface area (Å²) in [5.41, 5.74) is -1.75. The van der Waals surface area contributed by atoms with Crippen LogP contribution in [0.5, 0.6) is 0 Å². The van der Waals surface area contributed by atoms with E-state index in [1.807, 2.05) is 0 Å². The van der Waals surface area contributed by atoms with Gasteiger partial charge in [-0.3, -0.25) is 4.79 Å². The van der Waals surface area contributed by atoms with Crippen molar-refractivity contribution in [3.05, 3.63) is 0 Å². The van der Waals surface area contributed by atoms with Gasteiger partial charge in [0, 0.05) is 6.92 Å². The van der Waals surface area contributed by atoms with Crippen LogP contribution >= 0.6 is 0 Å². The van der Waals surface area contributed by atoms with Gasteiger partial charge in [-0.1, -0.05) is 0 Å². The predicted octanol–water partition coefficient (Wildman–Crippen LogP) is 1.27. The standard InChI is InChI=1S/C11H20N2O4S/c1-7(14)12-8(11(5,6)17-13-18)9(15)16-10(2,3)4/h8H,1-6H3,(H,12,14). The summed E-state index contributed by atoms with van der Waals surface area (Å²) in [7, 11) is 0. The van der Waals surface area contributed by atoms with E-state index in [9.17, 15) is 9.59 Å². The smallest absolute Gasteiger partial charge is 0.333 e. The molecule has 0 heterocycles. The molecule has 18 heavy (non-hydrogen) atoms. The third-order valence-corrected chi connectivity index (χ3v) is 2.03. The van der Waals surface area contributed by atoms with Crippen LogP contribution in [0.3, 0.4) is 0 Å². The molecule has 0 saturated carbocycles. The summed E-state index contributed by atoms with van der Waals surface area (Å²) >= 11 is 4.37. The molecule has 7 heteroatoms. The van der Waals surface area contributed by atoms with E-state index in [0.717, 1.165) is 0 Å². The fourth-order valence-electron chi connectivity index (χ4n) is 1.23. The molecule has 0 aromatic heterocycles. The van der Waals surface area contributed by atoms with Gasteiger partial charge in [-0.15, -0.1) is 0 Å². The van der Waals surface area contributed by atoms with Crippen molar-refractivity contribution < 1.29 is 19.2 Å². The number of carbonyl (C=O) groups excluding carboxylic acids is 2. The molecule has 0 aliphatic carbocycles. The van der Waals surface area contributed by atoms with Crippen molar-refractivity contribution in [2.45, 2.75) is 58.8 Å². The van der Waals surface area contributed by atoms with Crippen molar-refractivity contribution in [2.75, 3.05) is 0 Å². The van der Waals surface area contributed by atoms with Crippen molar-refractivity contribution in [1.29, 1.82) is 0 Å². The molecule has 1 atom stereocenters. The summed E-state index contributed by atoms with van der Waals surface area (Å²) in [5, 5.41) is 2.48. The highest BCUT2D eigenvalue weighted by Gasteiger charge is 2.41. The van der Waals surface area contributed by atoms with Crippen LogP contribution in [0.2, 0.25) is 0 Å². The van der Waals surface area contributed by atoms with E-state index < -0.39 is 23.2 Å². The summed E-state index contributed by atoms with van der Waals surface area (Å²) < 4.78 is 8.36. The Balaban J connectivity index is 5.04. The largest absolute Gasteiger partial charge is 0.458 e. The second-order valence-corrected chi connectivity index (χ2v) is 5.59. The van der Waals surface area contributed by atoms with Gasteiger partial charge in [-0.05, 0) is 39.1 Å². The molecule has 0 spiro atoms. The molecular weight excluding hydrogens is 256 g/mol. The minimum Gasteiger partial charge on any atom is -0.458 e. The lowest BCUT2D eigenvalue weighted by Crippen LogP contribution is -2.56. The molecule has 0 rings (SSSR count). The molecule has 1 amide bonds. The summed E-state index contributed by atoms with van der Waals surface area (Å²) in [5.74, 6) is -0.965. The van der Waals surface area contributed by atoms with Crippen molar-refractivity contribution in [3.8, 4) is 0 Å². The molecule has 0 aliphatic heterocycles. The number of hydrogen-bond donors (Lipinski definition) is 1. The summed E-state index contributed by atoms with van der Waals surface area (Å²) in [6, 6.07) is -0.985. The van der Waals surface area contributed by atoms with Crippen LogP contribution in [0.1, 0.15) is 41.5 Å². The maximum Gasteiger partial charge on any atom is 0.333 e. The second kappa shape index (κ2) is 6.08. The first-order valence-electron chi connectivity index (χ1n) is 5.50. The Morgan fingerprint density at radius 3 is 2.06 bits per heavy atom. The van der Waals surface area contributed by atoms with Crippen LogP contribution in [0.15, 0.2) is 4.53 Å². The Kier molecular flexibility index (Phi) is 5.66. The molecule has 0 bridgehead atoms. The van der Waals surface area contributed by atoms with E-state index >= 15 is 0 Å². The fraction of sp³-hybridized carbons (Fsp3) is 0.818. The Bertz CT molecular complexity index is 336. The zero-order valence-electron chi connectivity index (χ0n) is 11.6. The lowest BCUT2D eigenvalue weighted by molar-refractivity contribution is -0.168. The van der Waals surface area contributed by atoms with E-state index in [1.165, 1.54) is 6.92 Å². The molecular formula is C11H20N2O4S. The number of nitrogens with zero attached hydrogens (tertiary/aromatic N) is 1. The highest BCUT2D eigenvalue weighted by atomic mass is 32.1. The second-order valence-electron chi connectivity index (χ2n) is 5.44. The first kappa shape index (κ1) is 16.8. The van der Waals surface area contributed by atoms with Crippen molar-refractivity contribution >= 4 is 24.3 Å². The lowest BCUT2D eigenvalue weighted by atomic mass is 9.98. The topological polar surface area (TPSA) is 77.0 Å². The Labute approximate surface area is 113 Å². The van der Waals surface area contributed by atoms with Gasteiger partial charge < -0.3 is 14.9 Å². The predicted molar refractivity (Wildman–Crippen MR) is 68.4 cm³/mol. The monoisotopic (exact) mass is 276 g/mol. The van der Waals surface area contributed by atoms with E-state index in [2.05, 4.69) is 22.3 Å². The zero-order valence-corrected chi connectivity index (χ0v) is 12.4. The summed E-state index contributed by atoms with van der Waals surface area (Å²) in [4.78, 5) is 28.1. The third kappa shape index (κ3) is 5.90. The highest BCUT2D eigenvalue weighted by Crippen LogP contribution is 2.19. The first-order chi connectivity index (χ1) is 7.99. The molecule has 1 unspecified atom stereocenters. The molecule has 0 radical (unpaired) electrons. The number of esters is 1. The van der Waals surface area contributed by atoms with Crippen LogP contribution in [0.4, 0.5) is 0 Å². The quantitative estimate of drug-likeness (QED) is 0.604. The van der Waals surface area contributed by atoms with E-state index in [4.69, 9.17) is 9.57 Å². The van der Waals surface area contributed by atoms with Gasteiger partial charge in [-0.25, -0.2) is 4.79 Å². The van der Waals surface area contributed by atoms with Crippen LogP contribution in [0.25, 0.3) is 0 Å². The maximum absolute atomic E-state index is 12.0. The van der Waals surface area contributed by atoms with E-state index in [1.54, 1.807) is 34.6 Å². The number of amides is 1. The maximum atomic E-state index is 12.0. The zero-order chi connectivity index (χ0) is 14.6. The number of hydrogen-bond acceptors (Lipinski definition) is 6. The summed E-state index contributed by atoms with van der Waals surface area (Å²) in [6.07, 6.45) is 0. The Hall–Kier alpha value is -1.24. The van der Waals surface area contributed by atoms with Crippen molar-refractivity contribution in [1.82, 2.24) is 5.32 Å². The normalized spacial score (nSPS) is 13.4. The summed E-state index contributed by atoms with van der Waals surface area (Å²) in [6.45, 7) is 9.70. The number of nitrogens with one attached hydrogen (secondary N) is 1. The third-order valence-electron chi connectivity index (χ3n) is 1.96. The number of carbonyl (C=O) groups is 2. The van der Waals surface area contributed by atoms with Crippen LogP contribution in [-0.2, 0) is 31.6 Å². The average molecular weight is 276 g/mol. The number of ether oxygens (including phenoxy) is 1. The highest BCUT2D eigenvalue weighted by molar-refractivity contribution is 7.47. The minimum absolute atomic E-state index is 0.369.